The van der Waals surface area contributed by atoms with Gasteiger partial charge in [0.1, 0.15) is 6.20 Å². The molecule has 24 heavy (non-hydrogen) atoms. The molecule has 0 bridgehead atoms. The van der Waals surface area contributed by atoms with Crippen LogP contribution in [0.25, 0.3) is 0 Å². The van der Waals surface area contributed by atoms with Gasteiger partial charge in [-0.15, -0.1) is 0 Å². The summed E-state index contributed by atoms with van der Waals surface area (Å²) >= 11 is 0. The summed E-state index contributed by atoms with van der Waals surface area (Å²) in [4.78, 5) is 17.9. The third-order valence-electron chi connectivity index (χ3n) is 3.44. The molecule has 0 fully saturated rings. The normalized spacial score (nSPS) is 10.5. The standard InChI is InChI=1S/C15H15N7O2/c16-14-13(22(23)24)9-18-15(20-14)17-8-11-4-1-2-5-12(11)10-21-7-3-6-19-21/h1-7,9H,8,10H2,(H3,16,17,18,20). The van der Waals surface area contributed by atoms with Gasteiger partial charge in [0.05, 0.1) is 11.5 Å². The zero-order chi connectivity index (χ0) is 16.9. The van der Waals surface area contributed by atoms with Crippen LogP contribution < -0.4 is 11.1 Å². The fraction of sp³-hybridized carbons (Fsp3) is 0.133. The van der Waals surface area contributed by atoms with Gasteiger partial charge in [-0.1, -0.05) is 24.3 Å². The Balaban J connectivity index is 1.73. The first-order chi connectivity index (χ1) is 11.6. The van der Waals surface area contributed by atoms with Crippen molar-refractivity contribution in [2.24, 2.45) is 0 Å². The summed E-state index contributed by atoms with van der Waals surface area (Å²) in [6.45, 7) is 1.11. The third kappa shape index (κ3) is 3.46. The quantitative estimate of drug-likeness (QED) is 0.523. The summed E-state index contributed by atoms with van der Waals surface area (Å²) < 4.78 is 1.83. The molecule has 0 unspecified atom stereocenters. The zero-order valence-electron chi connectivity index (χ0n) is 12.7. The predicted molar refractivity (Wildman–Crippen MR) is 88.2 cm³/mol. The van der Waals surface area contributed by atoms with E-state index < -0.39 is 4.92 Å². The number of aromatic nitrogens is 4. The lowest BCUT2D eigenvalue weighted by Crippen LogP contribution is -2.10. The second kappa shape index (κ2) is 6.73. The Labute approximate surface area is 137 Å². The number of rotatable bonds is 6. The summed E-state index contributed by atoms with van der Waals surface area (Å²) in [5.74, 6) is 0.0781. The van der Waals surface area contributed by atoms with E-state index >= 15 is 0 Å². The van der Waals surface area contributed by atoms with E-state index in [1.807, 2.05) is 41.2 Å². The zero-order valence-corrected chi connectivity index (χ0v) is 12.7. The lowest BCUT2D eigenvalue weighted by Gasteiger charge is -2.11. The molecule has 0 atom stereocenters. The minimum Gasteiger partial charge on any atom is -0.378 e. The fourth-order valence-electron chi connectivity index (χ4n) is 2.24. The number of hydrogen-bond acceptors (Lipinski definition) is 7. The molecule has 122 valence electrons. The van der Waals surface area contributed by atoms with Crippen molar-refractivity contribution in [2.45, 2.75) is 13.1 Å². The monoisotopic (exact) mass is 325 g/mol. The molecular formula is C15H15N7O2. The number of nitrogens with one attached hydrogen (secondary N) is 1. The number of nitrogens with zero attached hydrogens (tertiary/aromatic N) is 5. The van der Waals surface area contributed by atoms with Crippen molar-refractivity contribution in [3.63, 3.8) is 0 Å². The van der Waals surface area contributed by atoms with Gasteiger partial charge in [0, 0.05) is 18.9 Å². The first kappa shape index (κ1) is 15.4. The minimum atomic E-state index is -0.613. The van der Waals surface area contributed by atoms with Crippen LogP contribution in [0.1, 0.15) is 11.1 Å². The third-order valence-corrected chi connectivity index (χ3v) is 3.44. The molecule has 1 aromatic carbocycles. The predicted octanol–water partition coefficient (Wildman–Crippen LogP) is 1.82. The molecule has 0 aliphatic rings. The molecule has 3 rings (SSSR count). The van der Waals surface area contributed by atoms with Crippen LogP contribution in [0.3, 0.4) is 0 Å². The Morgan fingerprint density at radius 1 is 1.25 bits per heavy atom. The largest absolute Gasteiger partial charge is 0.378 e. The first-order valence-corrected chi connectivity index (χ1v) is 7.18. The Hall–Kier alpha value is -3.49. The van der Waals surface area contributed by atoms with Gasteiger partial charge in [0.15, 0.2) is 0 Å². The van der Waals surface area contributed by atoms with Gasteiger partial charge >= 0.3 is 5.69 Å². The lowest BCUT2D eigenvalue weighted by atomic mass is 10.1. The van der Waals surface area contributed by atoms with E-state index in [9.17, 15) is 10.1 Å². The highest BCUT2D eigenvalue weighted by Crippen LogP contribution is 2.19. The molecule has 0 saturated heterocycles. The number of hydrogen-bond donors (Lipinski definition) is 2. The number of anilines is 2. The Morgan fingerprint density at radius 2 is 2.04 bits per heavy atom. The van der Waals surface area contributed by atoms with Crippen molar-refractivity contribution in [1.29, 1.82) is 0 Å². The van der Waals surface area contributed by atoms with E-state index in [1.54, 1.807) is 6.20 Å². The second-order valence-electron chi connectivity index (χ2n) is 5.05. The highest BCUT2D eigenvalue weighted by molar-refractivity contribution is 5.53. The summed E-state index contributed by atoms with van der Waals surface area (Å²) in [5, 5.41) is 18.0. The van der Waals surface area contributed by atoms with Gasteiger partial charge in [0.25, 0.3) is 0 Å². The van der Waals surface area contributed by atoms with Crippen LogP contribution in [-0.4, -0.2) is 24.7 Å². The molecule has 0 spiro atoms. The highest BCUT2D eigenvalue weighted by atomic mass is 16.6. The van der Waals surface area contributed by atoms with Gasteiger partial charge in [-0.05, 0) is 17.2 Å². The van der Waals surface area contributed by atoms with Gasteiger partial charge in [-0.2, -0.15) is 10.1 Å². The van der Waals surface area contributed by atoms with Gasteiger partial charge < -0.3 is 11.1 Å². The summed E-state index contributed by atoms with van der Waals surface area (Å²) in [5.41, 5.74) is 7.41. The molecule has 0 saturated carbocycles. The minimum absolute atomic E-state index is 0.165. The number of nitrogens with two attached hydrogens (primary N) is 1. The summed E-state index contributed by atoms with van der Waals surface area (Å²) in [7, 11) is 0. The van der Waals surface area contributed by atoms with Crippen LogP contribution in [0.4, 0.5) is 17.5 Å². The summed E-state index contributed by atoms with van der Waals surface area (Å²) in [6, 6.07) is 9.77. The molecule has 0 aliphatic carbocycles. The van der Waals surface area contributed by atoms with Crippen molar-refractivity contribution in [3.05, 3.63) is 70.2 Å². The topological polar surface area (TPSA) is 125 Å². The molecular weight excluding hydrogens is 310 g/mol. The molecule has 0 radical (unpaired) electrons. The van der Waals surface area contributed by atoms with Gasteiger partial charge in [-0.25, -0.2) is 4.98 Å². The average Bonchev–Trinajstić information content (AvgIpc) is 3.07. The Kier molecular flexibility index (Phi) is 4.32. The second-order valence-corrected chi connectivity index (χ2v) is 5.05. The van der Waals surface area contributed by atoms with Crippen LogP contribution in [0.2, 0.25) is 0 Å². The van der Waals surface area contributed by atoms with E-state index in [-0.39, 0.29) is 17.5 Å². The fourth-order valence-corrected chi connectivity index (χ4v) is 2.24. The smallest absolute Gasteiger partial charge is 0.329 e. The van der Waals surface area contributed by atoms with Crippen molar-refractivity contribution < 1.29 is 4.92 Å². The van der Waals surface area contributed by atoms with Crippen molar-refractivity contribution in [1.82, 2.24) is 19.7 Å². The molecule has 9 nitrogen and oxygen atoms in total. The van der Waals surface area contributed by atoms with Crippen LogP contribution in [0.15, 0.2) is 48.9 Å². The highest BCUT2D eigenvalue weighted by Gasteiger charge is 2.14. The molecule has 2 heterocycles. The molecule has 3 aromatic rings. The van der Waals surface area contributed by atoms with E-state index in [1.165, 1.54) is 0 Å². The van der Waals surface area contributed by atoms with Crippen molar-refractivity contribution in [2.75, 3.05) is 11.1 Å². The van der Waals surface area contributed by atoms with Crippen LogP contribution in [-0.2, 0) is 13.1 Å². The molecule has 2 aromatic heterocycles. The number of nitro groups is 1. The van der Waals surface area contributed by atoms with Gasteiger partial charge in [0.2, 0.25) is 11.8 Å². The number of nitrogen functional groups attached to an aromatic ring is 1. The van der Waals surface area contributed by atoms with E-state index in [0.29, 0.717) is 13.1 Å². The number of benzene rings is 1. The SMILES string of the molecule is Nc1nc(NCc2ccccc2Cn2cccn2)ncc1[N+](=O)[O-]. The molecule has 9 heteroatoms. The van der Waals surface area contributed by atoms with Crippen LogP contribution in [0.5, 0.6) is 0 Å². The molecule has 3 N–H and O–H groups in total. The maximum Gasteiger partial charge on any atom is 0.329 e. The molecule has 0 amide bonds. The maximum atomic E-state index is 10.7. The molecule has 0 aliphatic heterocycles. The van der Waals surface area contributed by atoms with E-state index in [2.05, 4.69) is 20.4 Å². The Bertz CT molecular complexity index is 849. The van der Waals surface area contributed by atoms with Crippen molar-refractivity contribution >= 4 is 17.5 Å². The van der Waals surface area contributed by atoms with Crippen LogP contribution >= 0.6 is 0 Å². The Morgan fingerprint density at radius 3 is 2.71 bits per heavy atom. The van der Waals surface area contributed by atoms with E-state index in [0.717, 1.165) is 17.3 Å². The lowest BCUT2D eigenvalue weighted by molar-refractivity contribution is -0.384. The summed E-state index contributed by atoms with van der Waals surface area (Å²) in [6.07, 6.45) is 4.72. The van der Waals surface area contributed by atoms with Gasteiger partial charge in [-0.3, -0.25) is 14.8 Å². The van der Waals surface area contributed by atoms with Crippen LogP contribution in [0, 0.1) is 10.1 Å². The first-order valence-electron chi connectivity index (χ1n) is 7.18. The van der Waals surface area contributed by atoms with Crippen molar-refractivity contribution in [3.8, 4) is 0 Å². The van der Waals surface area contributed by atoms with E-state index in [4.69, 9.17) is 5.73 Å². The maximum absolute atomic E-state index is 10.7. The average molecular weight is 325 g/mol.